The van der Waals surface area contributed by atoms with Gasteiger partial charge in [-0.25, -0.2) is 0 Å². The van der Waals surface area contributed by atoms with Crippen molar-refractivity contribution in [2.45, 2.75) is 6.92 Å². The molecule has 3 heterocycles. The molecule has 1 aromatic heterocycles. The van der Waals surface area contributed by atoms with Crippen molar-refractivity contribution in [1.82, 2.24) is 4.90 Å². The zero-order valence-electron chi connectivity index (χ0n) is 19.7. The normalized spacial score (nSPS) is 17.2. The van der Waals surface area contributed by atoms with Crippen LogP contribution in [0.3, 0.4) is 0 Å². The highest BCUT2D eigenvalue weighted by atomic mass is 16.5. The van der Waals surface area contributed by atoms with E-state index in [1.54, 1.807) is 0 Å². The number of rotatable bonds is 4. The number of benzene rings is 2. The summed E-state index contributed by atoms with van der Waals surface area (Å²) < 4.78 is 11.5. The molecule has 3 aromatic rings. The molecule has 2 aliphatic rings. The molecule has 8 heteroatoms. The summed E-state index contributed by atoms with van der Waals surface area (Å²) >= 11 is 0. The Morgan fingerprint density at radius 1 is 0.912 bits per heavy atom. The van der Waals surface area contributed by atoms with Crippen LogP contribution in [0, 0.1) is 6.92 Å². The van der Waals surface area contributed by atoms with E-state index in [9.17, 15) is 9.59 Å². The highest BCUT2D eigenvalue weighted by molar-refractivity contribution is 6.04. The molecule has 0 radical (unpaired) electrons. The van der Waals surface area contributed by atoms with Gasteiger partial charge in [-0.1, -0.05) is 6.07 Å². The fraction of sp³-hybridized carbons (Fsp3) is 0.385. The first-order valence-corrected chi connectivity index (χ1v) is 11.7. The Morgan fingerprint density at radius 2 is 1.62 bits per heavy atom. The van der Waals surface area contributed by atoms with Crippen LogP contribution in [0.5, 0.6) is 0 Å². The molecule has 0 bridgehead atoms. The SMILES string of the molecule is Cc1ccc(N2CCN(C)CC2)c2oc(C(=O)Nc3ccc(N4CCOCC4)cc3)cc(=O)c12. The summed E-state index contributed by atoms with van der Waals surface area (Å²) in [7, 11) is 2.10. The number of fused-ring (bicyclic) bond motifs is 1. The second-order valence-corrected chi connectivity index (χ2v) is 8.97. The topological polar surface area (TPSA) is 78.3 Å². The van der Waals surface area contributed by atoms with Gasteiger partial charge in [-0.2, -0.15) is 0 Å². The maximum atomic E-state index is 13.0. The molecule has 0 spiro atoms. The molecular weight excluding hydrogens is 432 g/mol. The molecule has 0 unspecified atom stereocenters. The summed E-state index contributed by atoms with van der Waals surface area (Å²) in [6.45, 7) is 8.56. The van der Waals surface area contributed by atoms with Gasteiger partial charge in [-0.05, 0) is 49.9 Å². The summed E-state index contributed by atoms with van der Waals surface area (Å²) in [5, 5.41) is 3.40. The molecule has 0 atom stereocenters. The Bertz CT molecular complexity index is 1240. The average Bonchev–Trinajstić information content (AvgIpc) is 2.85. The molecule has 5 rings (SSSR count). The average molecular weight is 463 g/mol. The smallest absolute Gasteiger partial charge is 0.291 e. The summed E-state index contributed by atoms with van der Waals surface area (Å²) in [6.07, 6.45) is 0. The van der Waals surface area contributed by atoms with Crippen LogP contribution in [0.2, 0.25) is 0 Å². The van der Waals surface area contributed by atoms with E-state index in [1.807, 2.05) is 43.3 Å². The zero-order valence-corrected chi connectivity index (χ0v) is 19.7. The lowest BCUT2D eigenvalue weighted by Gasteiger charge is -2.34. The summed E-state index contributed by atoms with van der Waals surface area (Å²) in [4.78, 5) is 32.8. The molecular formula is C26H30N4O4. The third-order valence-electron chi connectivity index (χ3n) is 6.64. The lowest BCUT2D eigenvalue weighted by molar-refractivity contribution is 0.0997. The van der Waals surface area contributed by atoms with E-state index in [4.69, 9.17) is 9.15 Å². The monoisotopic (exact) mass is 462 g/mol. The molecule has 178 valence electrons. The van der Waals surface area contributed by atoms with Crippen LogP contribution in [-0.4, -0.2) is 70.3 Å². The number of hydrogen-bond acceptors (Lipinski definition) is 7. The maximum absolute atomic E-state index is 13.0. The molecule has 0 saturated carbocycles. The predicted molar refractivity (Wildman–Crippen MR) is 134 cm³/mol. The standard InChI is InChI=1S/C26H30N4O4/c1-18-3-8-21(30-11-9-28(2)10-12-30)25-24(18)22(31)17-23(34-25)26(32)27-19-4-6-20(7-5-19)29-13-15-33-16-14-29/h3-8,17H,9-16H2,1-2H3,(H,27,32). The van der Waals surface area contributed by atoms with Crippen molar-refractivity contribution in [3.63, 3.8) is 0 Å². The molecule has 8 nitrogen and oxygen atoms in total. The Balaban J connectivity index is 1.41. The van der Waals surface area contributed by atoms with Crippen molar-refractivity contribution in [3.8, 4) is 0 Å². The van der Waals surface area contributed by atoms with E-state index < -0.39 is 5.91 Å². The van der Waals surface area contributed by atoms with Gasteiger partial charge in [0.1, 0.15) is 0 Å². The molecule has 1 amide bonds. The molecule has 34 heavy (non-hydrogen) atoms. The number of anilines is 3. The fourth-order valence-corrected chi connectivity index (χ4v) is 4.59. The lowest BCUT2D eigenvalue weighted by Crippen LogP contribution is -2.44. The number of nitrogens with zero attached hydrogens (tertiary/aromatic N) is 3. The number of aryl methyl sites for hydroxylation is 1. The highest BCUT2D eigenvalue weighted by Gasteiger charge is 2.21. The Hall–Kier alpha value is -3.36. The zero-order chi connectivity index (χ0) is 23.7. The first-order chi connectivity index (χ1) is 16.5. The fourth-order valence-electron chi connectivity index (χ4n) is 4.59. The van der Waals surface area contributed by atoms with Gasteiger partial charge >= 0.3 is 0 Å². The number of nitrogens with one attached hydrogen (secondary N) is 1. The Kier molecular flexibility index (Phi) is 6.26. The van der Waals surface area contributed by atoms with E-state index in [0.29, 0.717) is 16.7 Å². The van der Waals surface area contributed by atoms with Crippen molar-refractivity contribution in [1.29, 1.82) is 0 Å². The van der Waals surface area contributed by atoms with Crippen LogP contribution in [0.1, 0.15) is 16.1 Å². The van der Waals surface area contributed by atoms with Gasteiger partial charge in [-0.3, -0.25) is 9.59 Å². The number of likely N-dealkylation sites (N-methyl/N-ethyl adjacent to an activating group) is 1. The van der Waals surface area contributed by atoms with E-state index in [2.05, 4.69) is 27.1 Å². The minimum Gasteiger partial charge on any atom is -0.448 e. The second-order valence-electron chi connectivity index (χ2n) is 8.97. The van der Waals surface area contributed by atoms with Gasteiger partial charge in [0.2, 0.25) is 0 Å². The molecule has 2 saturated heterocycles. The van der Waals surface area contributed by atoms with Crippen molar-refractivity contribution in [2.75, 3.05) is 74.6 Å². The van der Waals surface area contributed by atoms with Crippen LogP contribution < -0.4 is 20.5 Å². The summed E-state index contributed by atoms with van der Waals surface area (Å²) in [6, 6.07) is 12.9. The van der Waals surface area contributed by atoms with E-state index in [0.717, 1.165) is 69.4 Å². The van der Waals surface area contributed by atoms with Gasteiger partial charge in [0.15, 0.2) is 16.8 Å². The molecule has 2 aromatic carbocycles. The Morgan fingerprint density at radius 3 is 2.32 bits per heavy atom. The molecule has 2 fully saturated rings. The summed E-state index contributed by atoms with van der Waals surface area (Å²) in [5.74, 6) is -0.431. The van der Waals surface area contributed by atoms with Gasteiger partial charge in [0.25, 0.3) is 5.91 Å². The first kappa shape index (κ1) is 22.4. The quantitative estimate of drug-likeness (QED) is 0.639. The van der Waals surface area contributed by atoms with E-state index >= 15 is 0 Å². The lowest BCUT2D eigenvalue weighted by atomic mass is 10.1. The van der Waals surface area contributed by atoms with Gasteiger partial charge < -0.3 is 29.2 Å². The number of carbonyl (C=O) groups is 1. The van der Waals surface area contributed by atoms with Crippen LogP contribution in [0.25, 0.3) is 11.0 Å². The third-order valence-corrected chi connectivity index (χ3v) is 6.64. The number of ether oxygens (including phenoxy) is 1. The number of hydrogen-bond donors (Lipinski definition) is 1. The van der Waals surface area contributed by atoms with Gasteiger partial charge in [0.05, 0.1) is 24.3 Å². The molecule has 0 aliphatic carbocycles. The van der Waals surface area contributed by atoms with Crippen molar-refractivity contribution in [2.24, 2.45) is 0 Å². The van der Waals surface area contributed by atoms with E-state index in [1.165, 1.54) is 6.07 Å². The van der Waals surface area contributed by atoms with Crippen molar-refractivity contribution >= 4 is 33.9 Å². The maximum Gasteiger partial charge on any atom is 0.291 e. The van der Waals surface area contributed by atoms with Crippen LogP contribution in [0.15, 0.2) is 51.7 Å². The summed E-state index contributed by atoms with van der Waals surface area (Å²) in [5.41, 5.74) is 3.70. The van der Waals surface area contributed by atoms with Crippen LogP contribution in [0.4, 0.5) is 17.1 Å². The second kappa shape index (κ2) is 9.48. The minimum atomic E-state index is -0.441. The first-order valence-electron chi connectivity index (χ1n) is 11.7. The highest BCUT2D eigenvalue weighted by Crippen LogP contribution is 2.29. The van der Waals surface area contributed by atoms with Crippen LogP contribution in [-0.2, 0) is 4.74 Å². The number of carbonyl (C=O) groups excluding carboxylic acids is 1. The molecule has 1 N–H and O–H groups in total. The van der Waals surface area contributed by atoms with Crippen molar-refractivity contribution in [3.05, 3.63) is 64.0 Å². The number of morpholine rings is 1. The largest absolute Gasteiger partial charge is 0.448 e. The Labute approximate surface area is 198 Å². The van der Waals surface area contributed by atoms with Crippen LogP contribution >= 0.6 is 0 Å². The van der Waals surface area contributed by atoms with Crippen molar-refractivity contribution < 1.29 is 13.9 Å². The molecule has 2 aliphatic heterocycles. The minimum absolute atomic E-state index is 0.00994. The number of amides is 1. The number of piperazine rings is 1. The van der Waals surface area contributed by atoms with Gasteiger partial charge in [0, 0.05) is 56.7 Å². The van der Waals surface area contributed by atoms with Gasteiger partial charge in [-0.15, -0.1) is 0 Å². The van der Waals surface area contributed by atoms with E-state index in [-0.39, 0.29) is 11.2 Å². The predicted octanol–water partition coefficient (Wildman–Crippen LogP) is 2.94. The third kappa shape index (κ3) is 4.51.